The van der Waals surface area contributed by atoms with Crippen LogP contribution in [-0.4, -0.2) is 64.9 Å². The van der Waals surface area contributed by atoms with Crippen molar-refractivity contribution in [3.8, 4) is 5.75 Å². The first kappa shape index (κ1) is 18.9. The second kappa shape index (κ2) is 11.4. The first-order valence-electron chi connectivity index (χ1n) is 7.90. The maximum absolute atomic E-state index is 10.2. The van der Waals surface area contributed by atoms with Gasteiger partial charge in [0.15, 0.2) is 0 Å². The standard InChI is InChI=1S/C17H29NO4/c1-4-15-6-5-7-17(12-15)22-14-16(19)13-18(8-10-20-2)9-11-21-3/h5-7,12,16,19H,4,8-11,13-14H2,1-3H3/p+1/t16-/m1/s1. The van der Waals surface area contributed by atoms with Crippen LogP contribution in [0.4, 0.5) is 0 Å². The molecule has 0 saturated heterocycles. The number of aliphatic hydroxyl groups is 1. The molecule has 1 rings (SSSR count). The van der Waals surface area contributed by atoms with E-state index >= 15 is 0 Å². The first-order chi connectivity index (χ1) is 10.7. The molecule has 0 aromatic heterocycles. The van der Waals surface area contributed by atoms with Crippen LogP contribution in [0, 0.1) is 0 Å². The van der Waals surface area contributed by atoms with Gasteiger partial charge in [0.2, 0.25) is 0 Å². The molecule has 0 spiro atoms. The molecule has 0 amide bonds. The zero-order chi connectivity index (χ0) is 16.2. The summed E-state index contributed by atoms with van der Waals surface area (Å²) in [6, 6.07) is 8.00. The van der Waals surface area contributed by atoms with E-state index in [0.717, 1.165) is 25.3 Å². The Morgan fingerprint density at radius 3 is 2.41 bits per heavy atom. The Bertz CT molecular complexity index is 392. The number of nitrogens with one attached hydrogen (secondary N) is 1. The summed E-state index contributed by atoms with van der Waals surface area (Å²) in [7, 11) is 3.38. The fourth-order valence-electron chi connectivity index (χ4n) is 2.26. The van der Waals surface area contributed by atoms with E-state index in [1.165, 1.54) is 10.5 Å². The fourth-order valence-corrected chi connectivity index (χ4v) is 2.26. The molecule has 1 atom stereocenters. The van der Waals surface area contributed by atoms with E-state index in [9.17, 15) is 5.11 Å². The van der Waals surface area contributed by atoms with Crippen LogP contribution in [0.15, 0.2) is 24.3 Å². The summed E-state index contributed by atoms with van der Waals surface area (Å²) in [5, 5.41) is 10.2. The minimum Gasteiger partial charge on any atom is -0.491 e. The Morgan fingerprint density at radius 1 is 1.14 bits per heavy atom. The van der Waals surface area contributed by atoms with Crippen LogP contribution in [0.2, 0.25) is 0 Å². The molecule has 0 bridgehead atoms. The first-order valence-corrected chi connectivity index (χ1v) is 7.90. The Hall–Kier alpha value is -1.14. The molecule has 5 heteroatoms. The van der Waals surface area contributed by atoms with Gasteiger partial charge in [0.1, 0.15) is 38.1 Å². The van der Waals surface area contributed by atoms with Gasteiger partial charge in [0.05, 0.1) is 13.2 Å². The number of hydrogen-bond donors (Lipinski definition) is 2. The van der Waals surface area contributed by atoms with Crippen LogP contribution in [0.25, 0.3) is 0 Å². The number of aliphatic hydroxyl groups excluding tert-OH is 1. The number of hydrogen-bond acceptors (Lipinski definition) is 4. The molecule has 0 fully saturated rings. The van der Waals surface area contributed by atoms with Gasteiger partial charge in [0.25, 0.3) is 0 Å². The molecule has 1 aromatic rings. The highest BCUT2D eigenvalue weighted by Gasteiger charge is 2.15. The van der Waals surface area contributed by atoms with E-state index in [2.05, 4.69) is 13.0 Å². The van der Waals surface area contributed by atoms with E-state index in [1.807, 2.05) is 18.2 Å². The van der Waals surface area contributed by atoms with Gasteiger partial charge < -0.3 is 24.2 Å². The van der Waals surface area contributed by atoms with Crippen molar-refractivity contribution in [2.45, 2.75) is 19.4 Å². The van der Waals surface area contributed by atoms with Gasteiger partial charge in [-0.2, -0.15) is 0 Å². The lowest BCUT2D eigenvalue weighted by molar-refractivity contribution is -0.903. The average Bonchev–Trinajstić information content (AvgIpc) is 2.55. The molecule has 1 aromatic carbocycles. The van der Waals surface area contributed by atoms with Gasteiger partial charge in [-0.15, -0.1) is 0 Å². The van der Waals surface area contributed by atoms with Crippen LogP contribution >= 0.6 is 0 Å². The molecule has 0 heterocycles. The maximum Gasteiger partial charge on any atom is 0.137 e. The summed E-state index contributed by atoms with van der Waals surface area (Å²) >= 11 is 0. The van der Waals surface area contributed by atoms with E-state index in [4.69, 9.17) is 14.2 Å². The van der Waals surface area contributed by atoms with Crippen molar-refractivity contribution < 1.29 is 24.2 Å². The molecule has 2 N–H and O–H groups in total. The van der Waals surface area contributed by atoms with Crippen LogP contribution in [0.5, 0.6) is 5.75 Å². The number of rotatable bonds is 12. The predicted octanol–water partition coefficient (Wildman–Crippen LogP) is 0.166. The Balaban J connectivity index is 2.39. The minimum absolute atomic E-state index is 0.302. The molecule has 0 radical (unpaired) electrons. The summed E-state index contributed by atoms with van der Waals surface area (Å²) < 4.78 is 15.9. The summed E-state index contributed by atoms with van der Waals surface area (Å²) in [5.74, 6) is 0.814. The van der Waals surface area contributed by atoms with Crippen molar-refractivity contribution in [1.29, 1.82) is 0 Å². The lowest BCUT2D eigenvalue weighted by Crippen LogP contribution is -3.14. The van der Waals surface area contributed by atoms with E-state index in [1.54, 1.807) is 14.2 Å². The smallest absolute Gasteiger partial charge is 0.137 e. The summed E-state index contributed by atoms with van der Waals surface area (Å²) in [6.45, 7) is 6.08. The number of methoxy groups -OCH3 is 2. The number of quaternary nitrogens is 1. The largest absolute Gasteiger partial charge is 0.491 e. The second-order valence-corrected chi connectivity index (χ2v) is 5.41. The van der Waals surface area contributed by atoms with Crippen molar-refractivity contribution in [3.05, 3.63) is 29.8 Å². The molecular weight excluding hydrogens is 282 g/mol. The third kappa shape index (κ3) is 7.75. The zero-order valence-electron chi connectivity index (χ0n) is 14.0. The lowest BCUT2D eigenvalue weighted by atomic mass is 10.2. The van der Waals surface area contributed by atoms with E-state index < -0.39 is 6.10 Å². The van der Waals surface area contributed by atoms with Crippen molar-refractivity contribution in [3.63, 3.8) is 0 Å². The third-order valence-electron chi connectivity index (χ3n) is 3.59. The molecule has 0 aliphatic rings. The zero-order valence-corrected chi connectivity index (χ0v) is 14.0. The Labute approximate surface area is 133 Å². The Kier molecular flexibility index (Phi) is 9.82. The van der Waals surface area contributed by atoms with Crippen molar-refractivity contribution in [2.24, 2.45) is 0 Å². The molecular formula is C17H30NO4+. The predicted molar refractivity (Wildman–Crippen MR) is 86.6 cm³/mol. The van der Waals surface area contributed by atoms with Gasteiger partial charge in [0, 0.05) is 14.2 Å². The molecule has 5 nitrogen and oxygen atoms in total. The normalized spacial score (nSPS) is 12.6. The monoisotopic (exact) mass is 312 g/mol. The van der Waals surface area contributed by atoms with Crippen molar-refractivity contribution >= 4 is 0 Å². The molecule has 0 aliphatic carbocycles. The summed E-state index contributed by atoms with van der Waals surface area (Å²) in [6.07, 6.45) is 0.472. The van der Waals surface area contributed by atoms with Gasteiger partial charge in [-0.1, -0.05) is 19.1 Å². The molecule has 126 valence electrons. The Morgan fingerprint density at radius 2 is 1.82 bits per heavy atom. The molecule has 0 saturated carbocycles. The molecule has 22 heavy (non-hydrogen) atoms. The van der Waals surface area contributed by atoms with Gasteiger partial charge >= 0.3 is 0 Å². The van der Waals surface area contributed by atoms with Crippen LogP contribution in [0.3, 0.4) is 0 Å². The minimum atomic E-state index is -0.506. The summed E-state index contributed by atoms with van der Waals surface area (Å²) in [4.78, 5) is 1.25. The highest BCUT2D eigenvalue weighted by Crippen LogP contribution is 2.13. The SMILES string of the molecule is CCc1cccc(OC[C@H](O)C[NH+](CCOC)CCOC)c1. The van der Waals surface area contributed by atoms with Crippen LogP contribution in [0.1, 0.15) is 12.5 Å². The van der Waals surface area contributed by atoms with Gasteiger partial charge in [-0.3, -0.25) is 0 Å². The number of aryl methyl sites for hydroxylation is 1. The van der Waals surface area contributed by atoms with Crippen molar-refractivity contribution in [2.75, 3.05) is 53.7 Å². The highest BCUT2D eigenvalue weighted by atomic mass is 16.5. The maximum atomic E-state index is 10.2. The highest BCUT2D eigenvalue weighted by molar-refractivity contribution is 5.28. The second-order valence-electron chi connectivity index (χ2n) is 5.41. The van der Waals surface area contributed by atoms with E-state index in [0.29, 0.717) is 26.4 Å². The number of ether oxygens (including phenoxy) is 3. The van der Waals surface area contributed by atoms with Crippen LogP contribution in [-0.2, 0) is 15.9 Å². The molecule has 0 aliphatic heterocycles. The van der Waals surface area contributed by atoms with Gasteiger partial charge in [-0.05, 0) is 24.1 Å². The van der Waals surface area contributed by atoms with Crippen LogP contribution < -0.4 is 9.64 Å². The fraction of sp³-hybridized carbons (Fsp3) is 0.647. The topological polar surface area (TPSA) is 52.4 Å². The van der Waals surface area contributed by atoms with Crippen molar-refractivity contribution in [1.82, 2.24) is 0 Å². The quantitative estimate of drug-likeness (QED) is 0.578. The number of benzene rings is 1. The lowest BCUT2D eigenvalue weighted by Gasteiger charge is -2.22. The van der Waals surface area contributed by atoms with E-state index in [-0.39, 0.29) is 0 Å². The average molecular weight is 312 g/mol. The summed E-state index contributed by atoms with van der Waals surface area (Å²) in [5.41, 5.74) is 1.24. The molecule has 0 unspecified atom stereocenters. The van der Waals surface area contributed by atoms with Gasteiger partial charge in [-0.25, -0.2) is 0 Å². The third-order valence-corrected chi connectivity index (χ3v) is 3.59.